The molecule has 12 heavy (non-hydrogen) atoms. The molecule has 1 unspecified atom stereocenters. The van der Waals surface area contributed by atoms with Crippen molar-refractivity contribution in [1.82, 2.24) is 0 Å². The van der Waals surface area contributed by atoms with Crippen molar-refractivity contribution in [3.8, 4) is 0 Å². The molecule has 5 heteroatoms. The van der Waals surface area contributed by atoms with Gasteiger partial charge in [-0.2, -0.15) is 0 Å². The predicted molar refractivity (Wildman–Crippen MR) is 45.7 cm³/mol. The number of anilines is 2. The molecule has 66 valence electrons. The summed E-state index contributed by atoms with van der Waals surface area (Å²) in [5, 5.41) is 11.5. The molecule has 0 saturated heterocycles. The number of aliphatic hydroxyl groups excluding tert-OH is 1. The standard InChI is InChI=1S/C7H10N2O3/c1-2-3(10)9-5-4(8)6(11)7(5)12/h3,9-10H,2,8H2,1H3. The topological polar surface area (TPSA) is 92.4 Å². The van der Waals surface area contributed by atoms with Crippen molar-refractivity contribution >= 4 is 11.4 Å². The van der Waals surface area contributed by atoms with Crippen LogP contribution in [0, 0.1) is 0 Å². The van der Waals surface area contributed by atoms with Crippen LogP contribution in [0.3, 0.4) is 0 Å². The van der Waals surface area contributed by atoms with Crippen molar-refractivity contribution in [1.29, 1.82) is 0 Å². The van der Waals surface area contributed by atoms with E-state index >= 15 is 0 Å². The Labute approximate surface area is 68.5 Å². The number of nitrogen functional groups attached to an aromatic ring is 1. The summed E-state index contributed by atoms with van der Waals surface area (Å²) in [6.45, 7) is 1.74. The molecule has 0 bridgehead atoms. The highest BCUT2D eigenvalue weighted by Crippen LogP contribution is 2.10. The van der Waals surface area contributed by atoms with Crippen LogP contribution in [0.5, 0.6) is 0 Å². The molecule has 5 nitrogen and oxygen atoms in total. The normalized spacial score (nSPS) is 13.2. The van der Waals surface area contributed by atoms with Crippen LogP contribution in [-0.2, 0) is 0 Å². The number of aliphatic hydroxyl groups is 1. The van der Waals surface area contributed by atoms with E-state index in [9.17, 15) is 9.59 Å². The Balaban J connectivity index is 2.79. The van der Waals surface area contributed by atoms with E-state index in [0.29, 0.717) is 6.42 Å². The molecule has 0 radical (unpaired) electrons. The summed E-state index contributed by atoms with van der Waals surface area (Å²) in [5.41, 5.74) is 3.81. The first-order chi connectivity index (χ1) is 5.57. The zero-order chi connectivity index (χ0) is 9.30. The van der Waals surface area contributed by atoms with Crippen LogP contribution >= 0.6 is 0 Å². The fraction of sp³-hybridized carbons (Fsp3) is 0.429. The molecule has 0 heterocycles. The molecule has 0 saturated carbocycles. The van der Waals surface area contributed by atoms with E-state index in [1.807, 2.05) is 0 Å². The summed E-state index contributed by atoms with van der Waals surface area (Å²) < 4.78 is 0. The first-order valence-electron chi connectivity index (χ1n) is 3.61. The summed E-state index contributed by atoms with van der Waals surface area (Å²) in [4.78, 5) is 21.3. The maximum absolute atomic E-state index is 10.8. The zero-order valence-corrected chi connectivity index (χ0v) is 6.63. The van der Waals surface area contributed by atoms with Crippen LogP contribution in [0.25, 0.3) is 0 Å². The molecular weight excluding hydrogens is 160 g/mol. The molecule has 0 aromatic heterocycles. The van der Waals surface area contributed by atoms with Gasteiger partial charge in [0.25, 0.3) is 10.9 Å². The number of hydrogen-bond acceptors (Lipinski definition) is 5. The SMILES string of the molecule is CCC(O)Nc1c(N)c(=O)c1=O. The highest BCUT2D eigenvalue weighted by molar-refractivity contribution is 5.71. The van der Waals surface area contributed by atoms with Gasteiger partial charge in [-0.3, -0.25) is 9.59 Å². The Hall–Kier alpha value is -1.36. The highest BCUT2D eigenvalue weighted by atomic mass is 16.3. The highest BCUT2D eigenvalue weighted by Gasteiger charge is 2.18. The van der Waals surface area contributed by atoms with Crippen molar-refractivity contribution < 1.29 is 5.11 Å². The number of nitrogens with two attached hydrogens (primary N) is 1. The lowest BCUT2D eigenvalue weighted by atomic mass is 10.2. The van der Waals surface area contributed by atoms with Crippen LogP contribution in [0.1, 0.15) is 13.3 Å². The molecule has 4 N–H and O–H groups in total. The van der Waals surface area contributed by atoms with Gasteiger partial charge in [0.05, 0.1) is 0 Å². The zero-order valence-electron chi connectivity index (χ0n) is 6.63. The van der Waals surface area contributed by atoms with Crippen molar-refractivity contribution in [2.45, 2.75) is 19.6 Å². The van der Waals surface area contributed by atoms with Crippen LogP contribution in [0.2, 0.25) is 0 Å². The molecule has 0 amide bonds. The van der Waals surface area contributed by atoms with Crippen molar-refractivity contribution in [2.75, 3.05) is 11.1 Å². The Kier molecular flexibility index (Phi) is 2.14. The average Bonchev–Trinajstić information content (AvgIpc) is 2.11. The minimum absolute atomic E-state index is 0.0364. The summed E-state index contributed by atoms with van der Waals surface area (Å²) in [5.74, 6) is 0. The third kappa shape index (κ3) is 1.18. The Morgan fingerprint density at radius 3 is 2.50 bits per heavy atom. The van der Waals surface area contributed by atoms with E-state index in [4.69, 9.17) is 10.8 Å². The van der Waals surface area contributed by atoms with Crippen LogP contribution in [-0.4, -0.2) is 11.3 Å². The number of rotatable bonds is 3. The van der Waals surface area contributed by atoms with Gasteiger partial charge in [-0.1, -0.05) is 6.92 Å². The lowest BCUT2D eigenvalue weighted by Gasteiger charge is -2.13. The maximum Gasteiger partial charge on any atom is 0.253 e. The third-order valence-electron chi connectivity index (χ3n) is 1.64. The minimum atomic E-state index is -0.824. The average molecular weight is 170 g/mol. The second-order valence-electron chi connectivity index (χ2n) is 2.52. The second-order valence-corrected chi connectivity index (χ2v) is 2.52. The smallest absolute Gasteiger partial charge is 0.253 e. The van der Waals surface area contributed by atoms with E-state index in [-0.39, 0.29) is 11.4 Å². The first kappa shape index (κ1) is 8.73. The molecule has 0 fully saturated rings. The van der Waals surface area contributed by atoms with Gasteiger partial charge in [-0.05, 0) is 6.42 Å². The largest absolute Gasteiger partial charge is 0.394 e. The summed E-state index contributed by atoms with van der Waals surface area (Å²) >= 11 is 0. The second kappa shape index (κ2) is 2.94. The van der Waals surface area contributed by atoms with Gasteiger partial charge in [-0.25, -0.2) is 0 Å². The number of hydrogen-bond donors (Lipinski definition) is 3. The van der Waals surface area contributed by atoms with Crippen molar-refractivity contribution in [3.63, 3.8) is 0 Å². The molecule has 0 aliphatic rings. The molecule has 0 spiro atoms. The summed E-state index contributed by atoms with van der Waals surface area (Å²) in [6.07, 6.45) is -0.381. The van der Waals surface area contributed by atoms with Gasteiger partial charge >= 0.3 is 0 Å². The van der Waals surface area contributed by atoms with Crippen LogP contribution in [0.15, 0.2) is 9.59 Å². The minimum Gasteiger partial charge on any atom is -0.394 e. The fourth-order valence-corrected chi connectivity index (χ4v) is 0.821. The molecule has 1 aromatic rings. The van der Waals surface area contributed by atoms with E-state index in [1.165, 1.54) is 0 Å². The van der Waals surface area contributed by atoms with E-state index < -0.39 is 17.1 Å². The Bertz CT molecular complexity index is 351. The first-order valence-corrected chi connectivity index (χ1v) is 3.61. The van der Waals surface area contributed by atoms with E-state index in [1.54, 1.807) is 6.92 Å². The van der Waals surface area contributed by atoms with Gasteiger partial charge in [0.15, 0.2) is 0 Å². The quantitative estimate of drug-likeness (QED) is 0.400. The van der Waals surface area contributed by atoms with Crippen LogP contribution in [0.4, 0.5) is 11.4 Å². The van der Waals surface area contributed by atoms with E-state index in [0.717, 1.165) is 0 Å². The lowest BCUT2D eigenvalue weighted by Crippen LogP contribution is -2.39. The van der Waals surface area contributed by atoms with Crippen molar-refractivity contribution in [2.24, 2.45) is 0 Å². The van der Waals surface area contributed by atoms with Gasteiger partial charge < -0.3 is 16.2 Å². The molecule has 1 atom stereocenters. The van der Waals surface area contributed by atoms with Crippen molar-refractivity contribution in [3.05, 3.63) is 20.4 Å². The van der Waals surface area contributed by atoms with E-state index in [2.05, 4.69) is 5.32 Å². The molecular formula is C7H10N2O3. The maximum atomic E-state index is 10.8. The molecule has 1 aromatic carbocycles. The summed E-state index contributed by atoms with van der Waals surface area (Å²) in [6, 6.07) is 0. The van der Waals surface area contributed by atoms with Gasteiger partial charge in [0.1, 0.15) is 17.6 Å². The predicted octanol–water partition coefficient (Wildman–Crippen LogP) is -0.995. The lowest BCUT2D eigenvalue weighted by molar-refractivity contribution is 0.199. The third-order valence-corrected chi connectivity index (χ3v) is 1.64. The van der Waals surface area contributed by atoms with Gasteiger partial charge in [0, 0.05) is 0 Å². The van der Waals surface area contributed by atoms with Gasteiger partial charge in [0.2, 0.25) is 0 Å². The molecule has 1 rings (SSSR count). The monoisotopic (exact) mass is 170 g/mol. The van der Waals surface area contributed by atoms with Gasteiger partial charge in [-0.15, -0.1) is 0 Å². The Morgan fingerprint density at radius 1 is 1.50 bits per heavy atom. The molecule has 0 aliphatic carbocycles. The summed E-state index contributed by atoms with van der Waals surface area (Å²) in [7, 11) is 0. The molecule has 0 aliphatic heterocycles. The number of nitrogens with one attached hydrogen (secondary N) is 1. The fourth-order valence-electron chi connectivity index (χ4n) is 0.821. The van der Waals surface area contributed by atoms with Crippen LogP contribution < -0.4 is 21.9 Å². The Morgan fingerprint density at radius 2 is 2.08 bits per heavy atom.